The number of aliphatic carboxylic acids is 1. The minimum absolute atomic E-state index is 0.0822. The summed E-state index contributed by atoms with van der Waals surface area (Å²) in [5.41, 5.74) is 0.608. The lowest BCUT2D eigenvalue weighted by Gasteiger charge is -2.18. The first-order chi connectivity index (χ1) is 8.85. The monoisotopic (exact) mass is 261 g/mol. The van der Waals surface area contributed by atoms with E-state index in [9.17, 15) is 9.59 Å². The summed E-state index contributed by atoms with van der Waals surface area (Å²) in [4.78, 5) is 25.0. The van der Waals surface area contributed by atoms with E-state index in [4.69, 9.17) is 5.11 Å². The molecule has 1 fully saturated rings. The van der Waals surface area contributed by atoms with Crippen LogP contribution in [0, 0.1) is 17.3 Å². The lowest BCUT2D eigenvalue weighted by molar-refractivity contribution is -0.141. The van der Waals surface area contributed by atoms with Gasteiger partial charge in [-0.15, -0.1) is 0 Å². The first kappa shape index (κ1) is 13.6. The summed E-state index contributed by atoms with van der Waals surface area (Å²) in [5, 5.41) is 9.11. The highest BCUT2D eigenvalue weighted by Crippen LogP contribution is 2.58. The van der Waals surface area contributed by atoms with Gasteiger partial charge in [0.15, 0.2) is 0 Å². The summed E-state index contributed by atoms with van der Waals surface area (Å²) in [5.74, 6) is -1.92. The molecule has 1 aromatic rings. The van der Waals surface area contributed by atoms with Crippen molar-refractivity contribution in [2.45, 2.75) is 20.4 Å². The average molecular weight is 261 g/mol. The van der Waals surface area contributed by atoms with Crippen molar-refractivity contribution in [3.05, 3.63) is 35.9 Å². The van der Waals surface area contributed by atoms with E-state index in [0.717, 1.165) is 5.56 Å². The molecule has 0 unspecified atom stereocenters. The SMILES string of the molecule is CN(Cc1ccccc1)C(=O)[C@H]1[C@@H](C(=O)O)C1(C)C. The molecule has 1 N–H and O–H groups in total. The van der Waals surface area contributed by atoms with E-state index in [1.54, 1.807) is 11.9 Å². The van der Waals surface area contributed by atoms with E-state index in [2.05, 4.69) is 0 Å². The molecule has 1 aromatic carbocycles. The maximum Gasteiger partial charge on any atom is 0.307 e. The van der Waals surface area contributed by atoms with Crippen molar-refractivity contribution >= 4 is 11.9 Å². The van der Waals surface area contributed by atoms with Gasteiger partial charge in [0, 0.05) is 13.6 Å². The molecular weight excluding hydrogens is 242 g/mol. The topological polar surface area (TPSA) is 57.6 Å². The largest absolute Gasteiger partial charge is 0.481 e. The second-order valence-electron chi connectivity index (χ2n) is 5.79. The van der Waals surface area contributed by atoms with Crippen LogP contribution < -0.4 is 0 Å². The van der Waals surface area contributed by atoms with Gasteiger partial charge in [-0.25, -0.2) is 0 Å². The first-order valence-corrected chi connectivity index (χ1v) is 6.37. The Kier molecular flexibility index (Phi) is 3.35. The van der Waals surface area contributed by atoms with Crippen molar-refractivity contribution in [3.8, 4) is 0 Å². The third kappa shape index (κ3) is 2.48. The number of carbonyl (C=O) groups excluding carboxylic acids is 1. The standard InChI is InChI=1S/C15H19NO3/c1-15(2)11(12(15)14(18)19)13(17)16(3)9-10-7-5-4-6-8-10/h4-8,11-12H,9H2,1-3H3,(H,18,19)/t11-,12+/m1/s1. The molecule has 0 heterocycles. The molecule has 102 valence electrons. The van der Waals surface area contributed by atoms with Crippen molar-refractivity contribution < 1.29 is 14.7 Å². The van der Waals surface area contributed by atoms with Crippen LogP contribution in [0.4, 0.5) is 0 Å². The van der Waals surface area contributed by atoms with Gasteiger partial charge in [-0.1, -0.05) is 44.2 Å². The molecule has 1 aliphatic carbocycles. The van der Waals surface area contributed by atoms with Crippen LogP contribution in [0.1, 0.15) is 19.4 Å². The predicted octanol–water partition coefficient (Wildman–Crippen LogP) is 2.00. The van der Waals surface area contributed by atoms with Crippen LogP contribution in [0.5, 0.6) is 0 Å². The Hall–Kier alpha value is -1.84. The minimum Gasteiger partial charge on any atom is -0.481 e. The van der Waals surface area contributed by atoms with E-state index in [1.807, 2.05) is 44.2 Å². The predicted molar refractivity (Wildman–Crippen MR) is 71.3 cm³/mol. The number of benzene rings is 1. The fraction of sp³-hybridized carbons (Fsp3) is 0.467. The number of carboxylic acids is 1. The molecule has 0 saturated heterocycles. The Labute approximate surface area is 113 Å². The first-order valence-electron chi connectivity index (χ1n) is 6.37. The van der Waals surface area contributed by atoms with Gasteiger partial charge >= 0.3 is 5.97 Å². The van der Waals surface area contributed by atoms with Crippen molar-refractivity contribution in [1.29, 1.82) is 0 Å². The van der Waals surface area contributed by atoms with E-state index >= 15 is 0 Å². The van der Waals surface area contributed by atoms with E-state index in [1.165, 1.54) is 0 Å². The van der Waals surface area contributed by atoms with Crippen molar-refractivity contribution in [2.75, 3.05) is 7.05 Å². The second-order valence-corrected chi connectivity index (χ2v) is 5.79. The van der Waals surface area contributed by atoms with Crippen molar-refractivity contribution in [3.63, 3.8) is 0 Å². The quantitative estimate of drug-likeness (QED) is 0.902. The Bertz CT molecular complexity index is 495. The molecular formula is C15H19NO3. The van der Waals surface area contributed by atoms with Crippen LogP contribution in [0.25, 0.3) is 0 Å². The number of hydrogen-bond acceptors (Lipinski definition) is 2. The third-order valence-electron chi connectivity index (χ3n) is 4.00. The molecule has 2 rings (SSSR count). The maximum atomic E-state index is 12.3. The number of carbonyl (C=O) groups is 2. The summed E-state index contributed by atoms with van der Waals surface area (Å²) < 4.78 is 0. The molecule has 1 saturated carbocycles. The normalized spacial score (nSPS) is 23.7. The van der Waals surface area contributed by atoms with Crippen LogP contribution >= 0.6 is 0 Å². The fourth-order valence-corrected chi connectivity index (χ4v) is 2.73. The zero-order valence-corrected chi connectivity index (χ0v) is 11.5. The Morgan fingerprint density at radius 1 is 1.21 bits per heavy atom. The van der Waals surface area contributed by atoms with Crippen molar-refractivity contribution in [1.82, 2.24) is 4.90 Å². The van der Waals surface area contributed by atoms with Gasteiger partial charge in [0.2, 0.25) is 5.91 Å². The zero-order valence-electron chi connectivity index (χ0n) is 11.5. The molecule has 4 nitrogen and oxygen atoms in total. The smallest absolute Gasteiger partial charge is 0.307 e. The zero-order chi connectivity index (χ0) is 14.2. The number of hydrogen-bond donors (Lipinski definition) is 1. The molecule has 4 heteroatoms. The van der Waals surface area contributed by atoms with Crippen LogP contribution in [-0.4, -0.2) is 28.9 Å². The van der Waals surface area contributed by atoms with Gasteiger partial charge in [-0.05, 0) is 11.0 Å². The van der Waals surface area contributed by atoms with E-state index < -0.39 is 23.2 Å². The second kappa shape index (κ2) is 4.68. The fourth-order valence-electron chi connectivity index (χ4n) is 2.73. The summed E-state index contributed by atoms with van der Waals surface area (Å²) >= 11 is 0. The summed E-state index contributed by atoms with van der Waals surface area (Å²) in [7, 11) is 1.72. The van der Waals surface area contributed by atoms with Gasteiger partial charge in [0.1, 0.15) is 0 Å². The van der Waals surface area contributed by atoms with Gasteiger partial charge in [0.05, 0.1) is 11.8 Å². The molecule has 0 radical (unpaired) electrons. The Morgan fingerprint density at radius 2 is 1.79 bits per heavy atom. The molecule has 0 aliphatic heterocycles. The highest BCUT2D eigenvalue weighted by Gasteiger charge is 2.66. The van der Waals surface area contributed by atoms with Gasteiger partial charge < -0.3 is 10.0 Å². The highest BCUT2D eigenvalue weighted by molar-refractivity contribution is 5.91. The Balaban J connectivity index is 2.03. The average Bonchev–Trinajstić information content (AvgIpc) is 2.92. The molecule has 1 aliphatic rings. The van der Waals surface area contributed by atoms with Crippen LogP contribution in [0.3, 0.4) is 0 Å². The van der Waals surface area contributed by atoms with Crippen LogP contribution in [0.2, 0.25) is 0 Å². The molecule has 2 atom stereocenters. The van der Waals surface area contributed by atoms with Gasteiger partial charge in [-0.2, -0.15) is 0 Å². The van der Waals surface area contributed by atoms with E-state index in [-0.39, 0.29) is 5.91 Å². The molecule has 19 heavy (non-hydrogen) atoms. The number of rotatable bonds is 4. The van der Waals surface area contributed by atoms with Gasteiger partial charge in [0.25, 0.3) is 0 Å². The number of amides is 1. The summed E-state index contributed by atoms with van der Waals surface area (Å²) in [6.07, 6.45) is 0. The number of carboxylic acid groups (broad SMARTS) is 1. The Morgan fingerprint density at radius 3 is 2.26 bits per heavy atom. The molecule has 1 amide bonds. The minimum atomic E-state index is -0.878. The molecule has 0 aromatic heterocycles. The van der Waals surface area contributed by atoms with Gasteiger partial charge in [-0.3, -0.25) is 9.59 Å². The lowest BCUT2D eigenvalue weighted by Crippen LogP contribution is -2.29. The molecule has 0 bridgehead atoms. The summed E-state index contributed by atoms with van der Waals surface area (Å²) in [6.45, 7) is 4.19. The van der Waals surface area contributed by atoms with Crippen LogP contribution in [0.15, 0.2) is 30.3 Å². The lowest BCUT2D eigenvalue weighted by atomic mass is 10.1. The maximum absolute atomic E-state index is 12.3. The number of nitrogens with zero attached hydrogens (tertiary/aromatic N) is 1. The van der Waals surface area contributed by atoms with Crippen LogP contribution in [-0.2, 0) is 16.1 Å². The van der Waals surface area contributed by atoms with Crippen molar-refractivity contribution in [2.24, 2.45) is 17.3 Å². The summed E-state index contributed by atoms with van der Waals surface area (Å²) in [6, 6.07) is 9.69. The van der Waals surface area contributed by atoms with E-state index in [0.29, 0.717) is 6.54 Å². The highest BCUT2D eigenvalue weighted by atomic mass is 16.4. The third-order valence-corrected chi connectivity index (χ3v) is 4.00. The molecule has 0 spiro atoms.